The van der Waals surface area contributed by atoms with Crippen LogP contribution >= 0.6 is 0 Å². The fraction of sp³-hybridized carbons (Fsp3) is 0.452. The van der Waals surface area contributed by atoms with E-state index >= 15 is 0 Å². The SMILES string of the molecule is CC(=O)N1CCC(Cc2cccc(C(=O)NC[C@H](O)CN3CCc4c(ccc(OCc5cnco5)c4C)C3)c2)C1. The first-order chi connectivity index (χ1) is 19.4. The first-order valence-corrected chi connectivity index (χ1v) is 14.0. The molecule has 5 rings (SSSR count). The molecule has 9 nitrogen and oxygen atoms in total. The summed E-state index contributed by atoms with van der Waals surface area (Å²) < 4.78 is 11.2. The highest BCUT2D eigenvalue weighted by atomic mass is 16.5. The summed E-state index contributed by atoms with van der Waals surface area (Å²) in [7, 11) is 0. The lowest BCUT2D eigenvalue weighted by atomic mass is 9.94. The van der Waals surface area contributed by atoms with E-state index in [9.17, 15) is 14.7 Å². The maximum atomic E-state index is 12.8. The molecule has 0 aliphatic carbocycles. The van der Waals surface area contributed by atoms with Gasteiger partial charge in [-0.05, 0) is 72.6 Å². The Morgan fingerprint density at radius 2 is 2.12 bits per heavy atom. The number of aliphatic hydroxyl groups is 1. The van der Waals surface area contributed by atoms with Crippen LogP contribution in [0, 0.1) is 12.8 Å². The van der Waals surface area contributed by atoms with E-state index in [1.54, 1.807) is 19.2 Å². The molecule has 40 heavy (non-hydrogen) atoms. The van der Waals surface area contributed by atoms with Crippen molar-refractivity contribution in [1.82, 2.24) is 20.1 Å². The molecule has 9 heteroatoms. The third-order valence-corrected chi connectivity index (χ3v) is 7.98. The van der Waals surface area contributed by atoms with E-state index < -0.39 is 6.10 Å². The van der Waals surface area contributed by atoms with E-state index in [4.69, 9.17) is 9.15 Å². The number of oxazole rings is 1. The average molecular weight is 547 g/mol. The zero-order chi connectivity index (χ0) is 28.1. The van der Waals surface area contributed by atoms with Gasteiger partial charge in [-0.1, -0.05) is 18.2 Å². The maximum Gasteiger partial charge on any atom is 0.251 e. The molecule has 0 saturated carbocycles. The van der Waals surface area contributed by atoms with E-state index in [2.05, 4.69) is 28.2 Å². The molecule has 1 aromatic heterocycles. The number of ether oxygens (including phenoxy) is 1. The number of carbonyl (C=O) groups is 2. The Kier molecular flexibility index (Phi) is 8.81. The highest BCUT2D eigenvalue weighted by molar-refractivity contribution is 5.94. The number of aromatic nitrogens is 1. The highest BCUT2D eigenvalue weighted by Gasteiger charge is 2.25. The summed E-state index contributed by atoms with van der Waals surface area (Å²) in [6.45, 7) is 7.86. The van der Waals surface area contributed by atoms with Gasteiger partial charge in [0.15, 0.2) is 12.2 Å². The number of nitrogens with zero attached hydrogens (tertiary/aromatic N) is 3. The first-order valence-electron chi connectivity index (χ1n) is 14.0. The van der Waals surface area contributed by atoms with Crippen molar-refractivity contribution in [3.63, 3.8) is 0 Å². The van der Waals surface area contributed by atoms with Gasteiger partial charge in [0.25, 0.3) is 5.91 Å². The largest absolute Gasteiger partial charge is 0.485 e. The molecule has 0 radical (unpaired) electrons. The van der Waals surface area contributed by atoms with Gasteiger partial charge in [0.2, 0.25) is 5.91 Å². The number of amides is 2. The van der Waals surface area contributed by atoms with Crippen LogP contribution in [0.15, 0.2) is 53.4 Å². The lowest BCUT2D eigenvalue weighted by Crippen LogP contribution is -2.42. The van der Waals surface area contributed by atoms with Crippen molar-refractivity contribution in [2.75, 3.05) is 32.7 Å². The van der Waals surface area contributed by atoms with Crippen molar-refractivity contribution in [3.8, 4) is 5.75 Å². The normalized spacial score (nSPS) is 17.9. The molecule has 0 bridgehead atoms. The molecule has 1 saturated heterocycles. The molecule has 2 atom stereocenters. The standard InChI is InChI=1S/C31H38N4O5/c1-21-29-9-10-34(17-26(29)6-7-30(21)39-19-28-15-32-20-40-28)18-27(37)14-33-31(38)25-5-3-4-23(13-25)12-24-8-11-35(16-24)22(2)36/h3-7,13,15,20,24,27,37H,8-12,14,16-19H2,1-2H3,(H,33,38)/t24?,27-/m0/s1. The van der Waals surface area contributed by atoms with Crippen molar-refractivity contribution >= 4 is 11.8 Å². The van der Waals surface area contributed by atoms with Crippen LogP contribution < -0.4 is 10.1 Å². The minimum atomic E-state index is -0.671. The summed E-state index contributed by atoms with van der Waals surface area (Å²) in [5.41, 5.74) is 5.35. The summed E-state index contributed by atoms with van der Waals surface area (Å²) in [5, 5.41) is 13.6. The van der Waals surface area contributed by atoms with Gasteiger partial charge >= 0.3 is 0 Å². The van der Waals surface area contributed by atoms with E-state index in [0.717, 1.165) is 62.3 Å². The lowest BCUT2D eigenvalue weighted by molar-refractivity contribution is -0.127. The Morgan fingerprint density at radius 3 is 2.90 bits per heavy atom. The molecular weight excluding hydrogens is 508 g/mol. The van der Waals surface area contributed by atoms with Crippen molar-refractivity contribution in [1.29, 1.82) is 0 Å². The molecule has 0 spiro atoms. The molecule has 2 amide bonds. The van der Waals surface area contributed by atoms with Crippen LogP contribution in [0.1, 0.15) is 51.7 Å². The second-order valence-corrected chi connectivity index (χ2v) is 11.0. The number of hydrogen-bond acceptors (Lipinski definition) is 7. The average Bonchev–Trinajstić information content (AvgIpc) is 3.64. The van der Waals surface area contributed by atoms with E-state index in [1.165, 1.54) is 17.5 Å². The van der Waals surface area contributed by atoms with Crippen LogP contribution in [0.25, 0.3) is 0 Å². The topological polar surface area (TPSA) is 108 Å². The summed E-state index contributed by atoms with van der Waals surface area (Å²) in [5.74, 6) is 1.88. The third kappa shape index (κ3) is 6.89. The Morgan fingerprint density at radius 1 is 1.25 bits per heavy atom. The number of benzene rings is 2. The number of nitrogens with one attached hydrogen (secondary N) is 1. The minimum absolute atomic E-state index is 0.122. The molecule has 2 N–H and O–H groups in total. The van der Waals surface area contributed by atoms with Gasteiger partial charge < -0.3 is 24.5 Å². The third-order valence-electron chi connectivity index (χ3n) is 7.98. The summed E-state index contributed by atoms with van der Waals surface area (Å²) in [6.07, 6.45) is 5.08. The molecule has 3 heterocycles. The Labute approximate surface area is 235 Å². The Balaban J connectivity index is 1.08. The Hall–Kier alpha value is -3.69. The monoisotopic (exact) mass is 546 g/mol. The summed E-state index contributed by atoms with van der Waals surface area (Å²) >= 11 is 0. The number of aliphatic hydroxyl groups excluding tert-OH is 1. The number of likely N-dealkylation sites (tertiary alicyclic amines) is 1. The number of hydrogen-bond donors (Lipinski definition) is 2. The van der Waals surface area contributed by atoms with E-state index in [1.807, 2.05) is 29.2 Å². The Bertz CT molecular complexity index is 1330. The molecule has 2 aromatic carbocycles. The van der Waals surface area contributed by atoms with Gasteiger partial charge in [0.1, 0.15) is 12.4 Å². The van der Waals surface area contributed by atoms with Crippen LogP contribution in [0.4, 0.5) is 0 Å². The minimum Gasteiger partial charge on any atom is -0.485 e. The van der Waals surface area contributed by atoms with E-state index in [-0.39, 0.29) is 18.4 Å². The van der Waals surface area contributed by atoms with Crippen LogP contribution in [-0.4, -0.2) is 70.5 Å². The van der Waals surface area contributed by atoms with Gasteiger partial charge in [-0.25, -0.2) is 4.98 Å². The fourth-order valence-electron chi connectivity index (χ4n) is 5.79. The number of carbonyl (C=O) groups excluding carboxylic acids is 2. The van der Waals surface area contributed by atoms with Gasteiger partial charge in [-0.3, -0.25) is 14.5 Å². The van der Waals surface area contributed by atoms with Crippen LogP contribution in [0.5, 0.6) is 5.75 Å². The molecule has 212 valence electrons. The lowest BCUT2D eigenvalue weighted by Gasteiger charge is -2.31. The molecule has 2 aliphatic rings. The molecule has 2 aliphatic heterocycles. The quantitative estimate of drug-likeness (QED) is 0.402. The second-order valence-electron chi connectivity index (χ2n) is 11.0. The van der Waals surface area contributed by atoms with Crippen LogP contribution in [-0.2, 0) is 30.8 Å². The van der Waals surface area contributed by atoms with Gasteiger partial charge in [0.05, 0.1) is 12.3 Å². The summed E-state index contributed by atoms with van der Waals surface area (Å²) in [6, 6.07) is 11.7. The first kappa shape index (κ1) is 27.9. The predicted octanol–water partition coefficient (Wildman–Crippen LogP) is 3.12. The maximum absolute atomic E-state index is 12.8. The number of fused-ring (bicyclic) bond motifs is 1. The van der Waals surface area contributed by atoms with Crippen LogP contribution in [0.3, 0.4) is 0 Å². The molecular formula is C31H38N4O5. The zero-order valence-electron chi connectivity index (χ0n) is 23.3. The van der Waals surface area contributed by atoms with Crippen LogP contribution in [0.2, 0.25) is 0 Å². The second kappa shape index (κ2) is 12.7. The molecule has 1 unspecified atom stereocenters. The molecule has 1 fully saturated rings. The fourth-order valence-corrected chi connectivity index (χ4v) is 5.79. The van der Waals surface area contributed by atoms with Gasteiger partial charge in [-0.2, -0.15) is 0 Å². The van der Waals surface area contributed by atoms with Gasteiger partial charge in [0, 0.05) is 51.8 Å². The molecule has 3 aromatic rings. The van der Waals surface area contributed by atoms with Crippen molar-refractivity contribution in [2.45, 2.75) is 52.4 Å². The van der Waals surface area contributed by atoms with E-state index in [0.29, 0.717) is 30.4 Å². The summed E-state index contributed by atoms with van der Waals surface area (Å²) in [4.78, 5) is 32.5. The number of β-amino-alcohol motifs (C(OH)–C–C–N with tert-alkyl or cyclic N) is 1. The van der Waals surface area contributed by atoms with Crippen molar-refractivity contribution in [2.24, 2.45) is 5.92 Å². The van der Waals surface area contributed by atoms with Crippen molar-refractivity contribution in [3.05, 3.63) is 82.6 Å². The zero-order valence-corrected chi connectivity index (χ0v) is 23.3. The van der Waals surface area contributed by atoms with Gasteiger partial charge in [-0.15, -0.1) is 0 Å². The smallest absolute Gasteiger partial charge is 0.251 e. The van der Waals surface area contributed by atoms with Crippen molar-refractivity contribution < 1.29 is 23.8 Å². The highest BCUT2D eigenvalue weighted by Crippen LogP contribution is 2.30. The predicted molar refractivity (Wildman–Crippen MR) is 150 cm³/mol. The number of rotatable bonds is 10.